The Morgan fingerprint density at radius 1 is 0.905 bits per heavy atom. The standard InChI is InChI=1S/C33H53NO8/c1-16-4-7-27-33(3,40)22-6-5-18-19(21(22)14-34(27)13-16)11-23-20(18)12-25(36)24-10-17(8-9-32(23,24)2)41-31-30(39)29(38)28(37)26(15-35)42-31/h16-24,26-31,35,37-40H,4-15H2,1-3H3/t16-,17-,18-,19-,20-,21-,22+,23-,24+,26-,27+,28+,29+,30+,31-,32-,33+/m1/s1. The van der Waals surface area contributed by atoms with Gasteiger partial charge in [0, 0.05) is 31.5 Å². The first-order chi connectivity index (χ1) is 19.9. The minimum absolute atomic E-state index is 0.0958. The number of Topliss-reactive ketones (excluding diaryl/α,β-unsaturated/α-hetero) is 1. The van der Waals surface area contributed by atoms with E-state index in [0.29, 0.717) is 60.1 Å². The van der Waals surface area contributed by atoms with Crippen molar-refractivity contribution < 1.29 is 39.8 Å². The van der Waals surface area contributed by atoms with Gasteiger partial charge in [0.05, 0.1) is 18.3 Å². The number of ether oxygens (including phenoxy) is 2. The first-order valence-electron chi connectivity index (χ1n) is 16.9. The summed E-state index contributed by atoms with van der Waals surface area (Å²) in [6.45, 7) is 8.49. The molecule has 0 unspecified atom stereocenters. The highest BCUT2D eigenvalue weighted by atomic mass is 16.7. The number of ketones is 1. The molecule has 0 bridgehead atoms. The molecule has 5 N–H and O–H groups in total. The molecular formula is C33H53NO8. The molecule has 0 amide bonds. The van der Waals surface area contributed by atoms with Crippen LogP contribution in [-0.4, -0.2) is 104 Å². The summed E-state index contributed by atoms with van der Waals surface area (Å²) in [7, 11) is 0. The van der Waals surface area contributed by atoms with E-state index in [1.165, 1.54) is 6.42 Å². The maximum Gasteiger partial charge on any atom is 0.186 e. The van der Waals surface area contributed by atoms with Crippen molar-refractivity contribution in [3.8, 4) is 0 Å². The fourth-order valence-corrected chi connectivity index (χ4v) is 11.8. The van der Waals surface area contributed by atoms with Gasteiger partial charge in [-0.15, -0.1) is 0 Å². The molecule has 0 spiro atoms. The average Bonchev–Trinajstić information content (AvgIpc) is 3.33. The van der Waals surface area contributed by atoms with Crippen molar-refractivity contribution in [2.24, 2.45) is 52.8 Å². The Hall–Kier alpha value is -0.650. The molecule has 0 aromatic heterocycles. The summed E-state index contributed by atoms with van der Waals surface area (Å²) in [4.78, 5) is 16.5. The topological polar surface area (TPSA) is 140 Å². The number of fused-ring (bicyclic) bond motifs is 8. The van der Waals surface area contributed by atoms with E-state index < -0.39 is 42.9 Å². The predicted molar refractivity (Wildman–Crippen MR) is 153 cm³/mol. The van der Waals surface area contributed by atoms with E-state index in [1.54, 1.807) is 0 Å². The van der Waals surface area contributed by atoms with Gasteiger partial charge in [0.1, 0.15) is 30.2 Å². The summed E-state index contributed by atoms with van der Waals surface area (Å²) in [6, 6.07) is 0.276. The summed E-state index contributed by atoms with van der Waals surface area (Å²) in [5.74, 6) is 3.79. The van der Waals surface area contributed by atoms with Gasteiger partial charge in [-0.25, -0.2) is 0 Å². The van der Waals surface area contributed by atoms with Crippen molar-refractivity contribution >= 4 is 5.78 Å². The maximum absolute atomic E-state index is 13.9. The number of aliphatic hydroxyl groups excluding tert-OH is 4. The lowest BCUT2D eigenvalue weighted by Crippen LogP contribution is -2.67. The van der Waals surface area contributed by atoms with Crippen LogP contribution < -0.4 is 0 Å². The molecule has 3 aliphatic heterocycles. The van der Waals surface area contributed by atoms with Crippen molar-refractivity contribution in [3.63, 3.8) is 0 Å². The lowest BCUT2D eigenvalue weighted by molar-refractivity contribution is -0.315. The van der Waals surface area contributed by atoms with E-state index in [0.717, 1.165) is 51.6 Å². The number of aliphatic hydroxyl groups is 5. The number of rotatable bonds is 3. The summed E-state index contributed by atoms with van der Waals surface area (Å²) >= 11 is 0. The summed E-state index contributed by atoms with van der Waals surface area (Å²) < 4.78 is 11.8. The quantitative estimate of drug-likeness (QED) is 0.310. The van der Waals surface area contributed by atoms with Crippen LogP contribution in [0.2, 0.25) is 0 Å². The van der Waals surface area contributed by atoms with Crippen molar-refractivity contribution in [1.82, 2.24) is 4.90 Å². The Morgan fingerprint density at radius 3 is 2.45 bits per heavy atom. The van der Waals surface area contributed by atoms with Crippen molar-refractivity contribution in [3.05, 3.63) is 0 Å². The fraction of sp³-hybridized carbons (Fsp3) is 0.970. The van der Waals surface area contributed by atoms with Gasteiger partial charge in [-0.3, -0.25) is 9.69 Å². The molecule has 3 heterocycles. The van der Waals surface area contributed by atoms with E-state index in [9.17, 15) is 30.3 Å². The fourth-order valence-electron chi connectivity index (χ4n) is 11.8. The second-order valence-corrected chi connectivity index (χ2v) is 16.0. The summed E-state index contributed by atoms with van der Waals surface area (Å²) in [5.41, 5.74) is -0.745. The molecule has 7 rings (SSSR count). The van der Waals surface area contributed by atoms with E-state index >= 15 is 0 Å². The van der Waals surface area contributed by atoms with Gasteiger partial charge in [-0.1, -0.05) is 13.8 Å². The van der Waals surface area contributed by atoms with Gasteiger partial charge in [-0.05, 0) is 105 Å². The molecule has 7 aliphatic rings. The van der Waals surface area contributed by atoms with Crippen LogP contribution in [0.4, 0.5) is 0 Å². The van der Waals surface area contributed by atoms with Gasteiger partial charge < -0.3 is 35.0 Å². The molecule has 17 atom stereocenters. The number of carbonyl (C=O) groups is 1. The van der Waals surface area contributed by atoms with Crippen molar-refractivity contribution in [1.29, 1.82) is 0 Å². The molecule has 7 fully saturated rings. The van der Waals surface area contributed by atoms with Crippen LogP contribution in [0.1, 0.15) is 78.6 Å². The monoisotopic (exact) mass is 591 g/mol. The van der Waals surface area contributed by atoms with Crippen LogP contribution in [0.3, 0.4) is 0 Å². The third kappa shape index (κ3) is 4.50. The highest BCUT2D eigenvalue weighted by Gasteiger charge is 2.64. The first kappa shape index (κ1) is 30.0. The molecular weight excluding hydrogens is 538 g/mol. The highest BCUT2D eigenvalue weighted by Crippen LogP contribution is 2.66. The Morgan fingerprint density at radius 2 is 1.69 bits per heavy atom. The Bertz CT molecular complexity index is 1040. The van der Waals surface area contributed by atoms with E-state index in [1.807, 2.05) is 0 Å². The number of nitrogens with zero attached hydrogens (tertiary/aromatic N) is 1. The number of hydrogen-bond acceptors (Lipinski definition) is 9. The van der Waals surface area contributed by atoms with Crippen LogP contribution in [0.25, 0.3) is 0 Å². The van der Waals surface area contributed by atoms with Gasteiger partial charge in [0.2, 0.25) is 0 Å². The van der Waals surface area contributed by atoms with Crippen LogP contribution in [-0.2, 0) is 14.3 Å². The van der Waals surface area contributed by atoms with Gasteiger partial charge >= 0.3 is 0 Å². The number of hydrogen-bond donors (Lipinski definition) is 5. The largest absolute Gasteiger partial charge is 0.394 e. The third-order valence-electron chi connectivity index (χ3n) is 14.0. The minimum Gasteiger partial charge on any atom is -0.394 e. The maximum atomic E-state index is 13.9. The minimum atomic E-state index is -1.47. The second-order valence-electron chi connectivity index (χ2n) is 16.0. The Balaban J connectivity index is 1.07. The van der Waals surface area contributed by atoms with E-state index in [4.69, 9.17) is 9.47 Å². The van der Waals surface area contributed by atoms with Crippen LogP contribution >= 0.6 is 0 Å². The molecule has 4 saturated carbocycles. The molecule has 0 radical (unpaired) electrons. The normalized spacial score (nSPS) is 57.9. The molecule has 4 aliphatic carbocycles. The van der Waals surface area contributed by atoms with Crippen molar-refractivity contribution in [2.45, 2.75) is 127 Å². The zero-order valence-corrected chi connectivity index (χ0v) is 25.6. The smallest absolute Gasteiger partial charge is 0.186 e. The van der Waals surface area contributed by atoms with Gasteiger partial charge in [-0.2, -0.15) is 0 Å². The lowest BCUT2D eigenvalue weighted by atomic mass is 9.51. The Kier molecular flexibility index (Phi) is 7.66. The first-order valence-corrected chi connectivity index (χ1v) is 16.9. The molecule has 238 valence electrons. The highest BCUT2D eigenvalue weighted by molar-refractivity contribution is 5.83. The average molecular weight is 592 g/mol. The molecule has 9 nitrogen and oxygen atoms in total. The van der Waals surface area contributed by atoms with Gasteiger partial charge in [0.25, 0.3) is 0 Å². The summed E-state index contributed by atoms with van der Waals surface area (Å²) in [5, 5.41) is 52.4. The predicted octanol–water partition coefficient (Wildman–Crippen LogP) is 1.71. The number of carbonyl (C=O) groups excluding carboxylic acids is 1. The zero-order valence-electron chi connectivity index (χ0n) is 25.6. The molecule has 3 saturated heterocycles. The molecule has 0 aromatic rings. The lowest BCUT2D eigenvalue weighted by Gasteiger charge is -2.59. The molecule has 0 aromatic carbocycles. The molecule has 42 heavy (non-hydrogen) atoms. The van der Waals surface area contributed by atoms with E-state index in [2.05, 4.69) is 25.7 Å². The van der Waals surface area contributed by atoms with Crippen molar-refractivity contribution in [2.75, 3.05) is 19.7 Å². The van der Waals surface area contributed by atoms with Crippen LogP contribution in [0.15, 0.2) is 0 Å². The van der Waals surface area contributed by atoms with E-state index in [-0.39, 0.29) is 23.5 Å². The third-order valence-corrected chi connectivity index (χ3v) is 14.0. The van der Waals surface area contributed by atoms with Gasteiger partial charge in [0.15, 0.2) is 6.29 Å². The second kappa shape index (κ2) is 10.7. The SMILES string of the molecule is C[C@@H]1CC[C@@H]2N(C1)C[C@@H]1[C@@H]3C[C@@H]4[C@H](CC(=O)[C@@H]5C[C@H](O[C@@H]6O[C@H](CO)[C@H](O)[C@H](O)[C@@H]6O)CC[C@]45C)[C@@H]3CC[C@@H]1[C@]2(C)O. The van der Waals surface area contributed by atoms with Crippen LogP contribution in [0, 0.1) is 52.8 Å². The zero-order chi connectivity index (χ0) is 29.7. The number of piperidine rings is 2. The Labute approximate surface area is 249 Å². The van der Waals surface area contributed by atoms with Crippen LogP contribution in [0.5, 0.6) is 0 Å². The molecule has 9 heteroatoms. The summed E-state index contributed by atoms with van der Waals surface area (Å²) in [6.07, 6.45) is 1.67.